The Morgan fingerprint density at radius 1 is 1.14 bits per heavy atom. The molecule has 5 nitrogen and oxygen atoms in total. The van der Waals surface area contributed by atoms with Crippen LogP contribution in [0.15, 0.2) is 29.2 Å². The lowest BCUT2D eigenvalue weighted by atomic mass is 10.3. The van der Waals surface area contributed by atoms with Gasteiger partial charge in [-0.15, -0.1) is 0 Å². The minimum Gasteiger partial charge on any atom is -0.399 e. The standard InChI is InChI=1S/C13H13F2N3O2S/c1-7-3-4-12(8(2)17-7)18-21(19,20)13-10(14)5-9(16)6-11(13)15/h3-6,18H,16H2,1-2H3. The Morgan fingerprint density at radius 2 is 1.71 bits per heavy atom. The number of benzene rings is 1. The maximum atomic E-state index is 13.7. The third kappa shape index (κ3) is 3.10. The van der Waals surface area contributed by atoms with Gasteiger partial charge in [0.25, 0.3) is 10.0 Å². The third-order valence-electron chi connectivity index (χ3n) is 2.76. The van der Waals surface area contributed by atoms with E-state index in [9.17, 15) is 17.2 Å². The normalized spacial score (nSPS) is 11.4. The molecule has 3 N–H and O–H groups in total. The molecule has 8 heteroatoms. The molecule has 0 aliphatic heterocycles. The Hall–Kier alpha value is -2.22. The smallest absolute Gasteiger partial charge is 0.267 e. The molecular formula is C13H13F2N3O2S. The quantitative estimate of drug-likeness (QED) is 0.852. The number of nitrogens with zero attached hydrogens (tertiary/aromatic N) is 1. The van der Waals surface area contributed by atoms with E-state index in [1.165, 1.54) is 6.07 Å². The van der Waals surface area contributed by atoms with Crippen LogP contribution >= 0.6 is 0 Å². The van der Waals surface area contributed by atoms with Gasteiger partial charge in [0, 0.05) is 11.4 Å². The van der Waals surface area contributed by atoms with E-state index in [4.69, 9.17) is 5.73 Å². The molecule has 1 aromatic carbocycles. The van der Waals surface area contributed by atoms with E-state index in [1.54, 1.807) is 19.9 Å². The largest absolute Gasteiger partial charge is 0.399 e. The van der Waals surface area contributed by atoms with Gasteiger partial charge in [-0.2, -0.15) is 0 Å². The second kappa shape index (κ2) is 5.28. The first-order chi connectivity index (χ1) is 9.70. The van der Waals surface area contributed by atoms with Crippen molar-refractivity contribution in [2.75, 3.05) is 10.5 Å². The lowest BCUT2D eigenvalue weighted by molar-refractivity contribution is 0.522. The number of hydrogen-bond donors (Lipinski definition) is 2. The topological polar surface area (TPSA) is 85.1 Å². The third-order valence-corrected chi connectivity index (χ3v) is 4.17. The van der Waals surface area contributed by atoms with Gasteiger partial charge in [-0.1, -0.05) is 0 Å². The van der Waals surface area contributed by atoms with Crippen LogP contribution in [0.2, 0.25) is 0 Å². The van der Waals surface area contributed by atoms with Crippen LogP contribution in [0, 0.1) is 25.5 Å². The number of nitrogens with one attached hydrogen (secondary N) is 1. The van der Waals surface area contributed by atoms with Crippen molar-refractivity contribution in [2.24, 2.45) is 0 Å². The fourth-order valence-corrected chi connectivity index (χ4v) is 3.07. The Labute approximate surface area is 120 Å². The predicted octanol–water partition coefficient (Wildman–Crippen LogP) is 2.36. The number of aromatic nitrogens is 1. The lowest BCUT2D eigenvalue weighted by Crippen LogP contribution is -2.17. The number of nitrogen functional groups attached to an aromatic ring is 1. The molecule has 0 radical (unpaired) electrons. The maximum absolute atomic E-state index is 13.7. The molecule has 0 unspecified atom stereocenters. The zero-order valence-electron chi connectivity index (χ0n) is 11.3. The van der Waals surface area contributed by atoms with Gasteiger partial charge >= 0.3 is 0 Å². The Kier molecular flexibility index (Phi) is 3.82. The number of halogens is 2. The molecular weight excluding hydrogens is 300 g/mol. The molecule has 112 valence electrons. The van der Waals surface area contributed by atoms with Crippen molar-refractivity contribution in [3.63, 3.8) is 0 Å². The van der Waals surface area contributed by atoms with Gasteiger partial charge in [0.2, 0.25) is 0 Å². The summed E-state index contributed by atoms with van der Waals surface area (Å²) in [6.45, 7) is 3.32. The lowest BCUT2D eigenvalue weighted by Gasteiger charge is -2.12. The summed E-state index contributed by atoms with van der Waals surface area (Å²) in [7, 11) is -4.42. The van der Waals surface area contributed by atoms with Gasteiger partial charge in [-0.25, -0.2) is 17.2 Å². The number of nitrogens with two attached hydrogens (primary N) is 1. The van der Waals surface area contributed by atoms with Crippen LogP contribution in [-0.4, -0.2) is 13.4 Å². The first-order valence-electron chi connectivity index (χ1n) is 5.92. The van der Waals surface area contributed by atoms with E-state index in [0.717, 1.165) is 12.1 Å². The van der Waals surface area contributed by atoms with Crippen molar-refractivity contribution in [3.05, 3.63) is 47.3 Å². The average Bonchev–Trinajstić information content (AvgIpc) is 2.30. The molecule has 0 saturated carbocycles. The molecule has 21 heavy (non-hydrogen) atoms. The number of pyridine rings is 1. The van der Waals surface area contributed by atoms with Gasteiger partial charge in [-0.05, 0) is 38.1 Å². The summed E-state index contributed by atoms with van der Waals surface area (Å²) in [6.07, 6.45) is 0. The fourth-order valence-electron chi connectivity index (χ4n) is 1.83. The number of anilines is 2. The molecule has 1 aromatic heterocycles. The van der Waals surface area contributed by atoms with Crippen LogP contribution in [0.4, 0.5) is 20.2 Å². The van der Waals surface area contributed by atoms with Crippen LogP contribution in [0.25, 0.3) is 0 Å². The number of sulfonamides is 1. The molecule has 1 heterocycles. The van der Waals surface area contributed by atoms with Crippen LogP contribution in [0.5, 0.6) is 0 Å². The number of hydrogen-bond acceptors (Lipinski definition) is 4. The highest BCUT2D eigenvalue weighted by Gasteiger charge is 2.25. The van der Waals surface area contributed by atoms with E-state index >= 15 is 0 Å². The summed E-state index contributed by atoms with van der Waals surface area (Å²) >= 11 is 0. The molecule has 2 aromatic rings. The Balaban J connectivity index is 2.48. The van der Waals surface area contributed by atoms with Crippen molar-refractivity contribution in [3.8, 4) is 0 Å². The minimum atomic E-state index is -4.42. The summed E-state index contributed by atoms with van der Waals surface area (Å²) in [5.41, 5.74) is 6.30. The van der Waals surface area contributed by atoms with Crippen LogP contribution in [0.1, 0.15) is 11.4 Å². The van der Waals surface area contributed by atoms with Crippen molar-refractivity contribution in [1.29, 1.82) is 0 Å². The summed E-state index contributed by atoms with van der Waals surface area (Å²) in [4.78, 5) is 3.00. The van der Waals surface area contributed by atoms with E-state index < -0.39 is 26.6 Å². The number of rotatable bonds is 3. The SMILES string of the molecule is Cc1ccc(NS(=O)(=O)c2c(F)cc(N)cc2F)c(C)n1. The summed E-state index contributed by atoms with van der Waals surface area (Å²) in [6, 6.07) is 4.55. The summed E-state index contributed by atoms with van der Waals surface area (Å²) in [5.74, 6) is -2.50. The first kappa shape index (κ1) is 15.2. The van der Waals surface area contributed by atoms with Crippen LogP contribution in [0.3, 0.4) is 0 Å². The van der Waals surface area contributed by atoms with E-state index in [1.807, 2.05) is 0 Å². The Bertz CT molecular complexity index is 784. The second-order valence-electron chi connectivity index (χ2n) is 4.50. The van der Waals surface area contributed by atoms with E-state index in [0.29, 0.717) is 11.4 Å². The van der Waals surface area contributed by atoms with Crippen molar-refractivity contribution in [2.45, 2.75) is 18.7 Å². The Morgan fingerprint density at radius 3 is 2.24 bits per heavy atom. The van der Waals surface area contributed by atoms with Gasteiger partial charge in [-0.3, -0.25) is 9.71 Å². The molecule has 0 aliphatic rings. The highest BCUT2D eigenvalue weighted by atomic mass is 32.2. The van der Waals surface area contributed by atoms with Crippen LogP contribution in [-0.2, 0) is 10.0 Å². The first-order valence-corrected chi connectivity index (χ1v) is 7.40. The minimum absolute atomic E-state index is 0.149. The second-order valence-corrected chi connectivity index (χ2v) is 6.12. The van der Waals surface area contributed by atoms with Gasteiger partial charge in [0.1, 0.15) is 11.6 Å². The summed E-state index contributed by atoms with van der Waals surface area (Å²) < 4.78 is 53.8. The molecule has 0 fully saturated rings. The van der Waals surface area contributed by atoms with Gasteiger partial charge in [0.05, 0.1) is 11.4 Å². The maximum Gasteiger partial charge on any atom is 0.267 e. The number of aryl methyl sites for hydroxylation is 2. The zero-order chi connectivity index (χ0) is 15.8. The molecule has 0 bridgehead atoms. The van der Waals surface area contributed by atoms with Gasteiger partial charge in [0.15, 0.2) is 4.90 Å². The molecule has 0 aliphatic carbocycles. The zero-order valence-corrected chi connectivity index (χ0v) is 12.1. The summed E-state index contributed by atoms with van der Waals surface area (Å²) in [5, 5.41) is 0. The van der Waals surface area contributed by atoms with Crippen molar-refractivity contribution < 1.29 is 17.2 Å². The average molecular weight is 313 g/mol. The predicted molar refractivity (Wildman–Crippen MR) is 75.3 cm³/mol. The fraction of sp³-hybridized carbons (Fsp3) is 0.154. The highest BCUT2D eigenvalue weighted by molar-refractivity contribution is 7.92. The van der Waals surface area contributed by atoms with E-state index in [-0.39, 0.29) is 11.4 Å². The molecule has 0 amide bonds. The highest BCUT2D eigenvalue weighted by Crippen LogP contribution is 2.25. The molecule has 0 atom stereocenters. The van der Waals surface area contributed by atoms with Crippen molar-refractivity contribution >= 4 is 21.4 Å². The molecule has 2 rings (SSSR count). The van der Waals surface area contributed by atoms with Gasteiger partial charge < -0.3 is 5.73 Å². The monoisotopic (exact) mass is 313 g/mol. The van der Waals surface area contributed by atoms with Crippen molar-refractivity contribution in [1.82, 2.24) is 4.98 Å². The molecule has 0 saturated heterocycles. The molecule has 0 spiro atoms. The van der Waals surface area contributed by atoms with Crippen LogP contribution < -0.4 is 10.5 Å². The van der Waals surface area contributed by atoms with E-state index in [2.05, 4.69) is 9.71 Å².